The van der Waals surface area contributed by atoms with Gasteiger partial charge in [0.25, 0.3) is 0 Å². The van der Waals surface area contributed by atoms with Gasteiger partial charge in [0.05, 0.1) is 0 Å². The Morgan fingerprint density at radius 3 is 2.61 bits per heavy atom. The maximum absolute atomic E-state index is 5.91. The van der Waals surface area contributed by atoms with Crippen LogP contribution in [0.2, 0.25) is 0 Å². The first-order chi connectivity index (χ1) is 8.76. The maximum atomic E-state index is 5.91. The average Bonchev–Trinajstić information content (AvgIpc) is 2.46. The number of nitrogens with zero attached hydrogens (tertiary/aromatic N) is 1. The lowest BCUT2D eigenvalue weighted by Gasteiger charge is -2.39. The fourth-order valence-corrected chi connectivity index (χ4v) is 3.01. The first kappa shape index (κ1) is 13.6. The van der Waals surface area contributed by atoms with Crippen molar-refractivity contribution in [2.24, 2.45) is 5.73 Å². The van der Waals surface area contributed by atoms with Crippen LogP contribution in [-0.2, 0) is 6.42 Å². The molecule has 2 heteroatoms. The van der Waals surface area contributed by atoms with E-state index >= 15 is 0 Å². The molecule has 1 saturated heterocycles. The monoisotopic (exact) mass is 246 g/mol. The highest BCUT2D eigenvalue weighted by Gasteiger charge is 2.25. The Kier molecular flexibility index (Phi) is 4.79. The van der Waals surface area contributed by atoms with Crippen LogP contribution in [0.5, 0.6) is 0 Å². The zero-order valence-corrected chi connectivity index (χ0v) is 11.7. The summed E-state index contributed by atoms with van der Waals surface area (Å²) in [5, 5.41) is 0. The van der Waals surface area contributed by atoms with Gasteiger partial charge in [0.15, 0.2) is 0 Å². The Morgan fingerprint density at radius 2 is 2.00 bits per heavy atom. The molecule has 0 aromatic heterocycles. The summed E-state index contributed by atoms with van der Waals surface area (Å²) in [5.74, 6) is 0. The van der Waals surface area contributed by atoms with Gasteiger partial charge in [0, 0.05) is 18.6 Å². The molecule has 2 N–H and O–H groups in total. The van der Waals surface area contributed by atoms with Gasteiger partial charge in [-0.15, -0.1) is 0 Å². The molecule has 0 radical (unpaired) electrons. The molecule has 0 bridgehead atoms. The molecule has 0 aliphatic carbocycles. The van der Waals surface area contributed by atoms with E-state index in [2.05, 4.69) is 43.0 Å². The fourth-order valence-electron chi connectivity index (χ4n) is 3.01. The van der Waals surface area contributed by atoms with Crippen molar-refractivity contribution in [1.29, 1.82) is 0 Å². The Morgan fingerprint density at radius 1 is 1.28 bits per heavy atom. The van der Waals surface area contributed by atoms with Crippen LogP contribution in [0, 0.1) is 0 Å². The second-order valence-corrected chi connectivity index (χ2v) is 5.39. The van der Waals surface area contributed by atoms with Crippen molar-refractivity contribution >= 4 is 0 Å². The van der Waals surface area contributed by atoms with E-state index < -0.39 is 0 Å². The van der Waals surface area contributed by atoms with Gasteiger partial charge < -0.3 is 5.73 Å². The van der Waals surface area contributed by atoms with Gasteiger partial charge >= 0.3 is 0 Å². The standard InChI is InChI=1S/C16H26N2/c1-3-14-7-9-15(10-8-14)13(2)18-11-5-4-6-16(18)12-17/h7-10,13,16H,3-6,11-12,17H2,1-2H3. The lowest BCUT2D eigenvalue weighted by Crippen LogP contribution is -2.45. The molecule has 18 heavy (non-hydrogen) atoms. The maximum Gasteiger partial charge on any atom is 0.0323 e. The highest BCUT2D eigenvalue weighted by atomic mass is 15.2. The van der Waals surface area contributed by atoms with Crippen LogP contribution in [0.1, 0.15) is 50.3 Å². The van der Waals surface area contributed by atoms with Crippen LogP contribution in [-0.4, -0.2) is 24.0 Å². The van der Waals surface area contributed by atoms with E-state index in [4.69, 9.17) is 5.73 Å². The highest BCUT2D eigenvalue weighted by molar-refractivity contribution is 5.25. The Bertz CT molecular complexity index is 358. The first-order valence-corrected chi connectivity index (χ1v) is 7.31. The van der Waals surface area contributed by atoms with E-state index in [1.807, 2.05) is 0 Å². The molecule has 2 atom stereocenters. The van der Waals surface area contributed by atoms with E-state index in [1.165, 1.54) is 36.9 Å². The van der Waals surface area contributed by atoms with Crippen LogP contribution in [0.4, 0.5) is 0 Å². The summed E-state index contributed by atoms with van der Waals surface area (Å²) in [6, 6.07) is 10.1. The van der Waals surface area contributed by atoms with E-state index in [9.17, 15) is 0 Å². The number of hydrogen-bond acceptors (Lipinski definition) is 2. The summed E-state index contributed by atoms with van der Waals surface area (Å²) in [5.41, 5.74) is 8.75. The van der Waals surface area contributed by atoms with Gasteiger partial charge in [-0.1, -0.05) is 37.6 Å². The lowest BCUT2D eigenvalue weighted by molar-refractivity contribution is 0.108. The van der Waals surface area contributed by atoms with Crippen molar-refractivity contribution in [1.82, 2.24) is 4.90 Å². The Hall–Kier alpha value is -0.860. The van der Waals surface area contributed by atoms with Crippen molar-refractivity contribution < 1.29 is 0 Å². The van der Waals surface area contributed by atoms with Crippen molar-refractivity contribution in [2.75, 3.05) is 13.1 Å². The van der Waals surface area contributed by atoms with E-state index in [0.29, 0.717) is 12.1 Å². The second kappa shape index (κ2) is 6.35. The predicted octanol–water partition coefficient (Wildman–Crippen LogP) is 3.12. The largest absolute Gasteiger partial charge is 0.329 e. The number of aryl methyl sites for hydroxylation is 1. The number of rotatable bonds is 4. The highest BCUT2D eigenvalue weighted by Crippen LogP contribution is 2.28. The van der Waals surface area contributed by atoms with Crippen LogP contribution in [0.15, 0.2) is 24.3 Å². The zero-order chi connectivity index (χ0) is 13.0. The summed E-state index contributed by atoms with van der Waals surface area (Å²) < 4.78 is 0. The molecular weight excluding hydrogens is 220 g/mol. The quantitative estimate of drug-likeness (QED) is 0.884. The Balaban J connectivity index is 2.10. The predicted molar refractivity (Wildman–Crippen MR) is 77.6 cm³/mol. The van der Waals surface area contributed by atoms with Gasteiger partial charge in [-0.2, -0.15) is 0 Å². The SMILES string of the molecule is CCc1ccc(C(C)N2CCCCC2CN)cc1. The summed E-state index contributed by atoms with van der Waals surface area (Å²) in [6.07, 6.45) is 5.02. The smallest absolute Gasteiger partial charge is 0.0323 e. The van der Waals surface area contributed by atoms with E-state index in [0.717, 1.165) is 13.0 Å². The third-order valence-corrected chi connectivity index (χ3v) is 4.31. The molecule has 2 nitrogen and oxygen atoms in total. The van der Waals surface area contributed by atoms with Gasteiger partial charge in [-0.25, -0.2) is 0 Å². The van der Waals surface area contributed by atoms with Gasteiger partial charge in [-0.3, -0.25) is 4.90 Å². The molecule has 1 aliphatic rings. The minimum atomic E-state index is 0.491. The third-order valence-electron chi connectivity index (χ3n) is 4.31. The molecule has 0 spiro atoms. The molecule has 100 valence electrons. The molecule has 0 amide bonds. The number of nitrogens with two attached hydrogens (primary N) is 1. The molecule has 1 aromatic carbocycles. The fraction of sp³-hybridized carbons (Fsp3) is 0.625. The summed E-state index contributed by atoms with van der Waals surface area (Å²) >= 11 is 0. The van der Waals surface area contributed by atoms with Gasteiger partial charge in [0.1, 0.15) is 0 Å². The van der Waals surface area contributed by atoms with Crippen molar-refractivity contribution in [3.63, 3.8) is 0 Å². The molecule has 2 unspecified atom stereocenters. The van der Waals surface area contributed by atoms with Crippen molar-refractivity contribution in [3.05, 3.63) is 35.4 Å². The average molecular weight is 246 g/mol. The molecule has 0 saturated carbocycles. The summed E-state index contributed by atoms with van der Waals surface area (Å²) in [7, 11) is 0. The molecule has 1 heterocycles. The van der Waals surface area contributed by atoms with E-state index in [1.54, 1.807) is 0 Å². The number of piperidine rings is 1. The number of benzene rings is 1. The minimum absolute atomic E-state index is 0.491. The van der Waals surface area contributed by atoms with Gasteiger partial charge in [0.2, 0.25) is 0 Å². The van der Waals surface area contributed by atoms with Crippen molar-refractivity contribution in [2.45, 2.75) is 51.6 Å². The first-order valence-electron chi connectivity index (χ1n) is 7.31. The molecule has 1 aromatic rings. The molecule has 1 aliphatic heterocycles. The summed E-state index contributed by atoms with van der Waals surface area (Å²) in [6.45, 7) is 6.50. The van der Waals surface area contributed by atoms with Crippen LogP contribution in [0.3, 0.4) is 0 Å². The Labute approximate surface area is 111 Å². The molecule has 2 rings (SSSR count). The minimum Gasteiger partial charge on any atom is -0.329 e. The van der Waals surface area contributed by atoms with Crippen molar-refractivity contribution in [3.8, 4) is 0 Å². The number of likely N-dealkylation sites (tertiary alicyclic amines) is 1. The molecule has 1 fully saturated rings. The van der Waals surface area contributed by atoms with E-state index in [-0.39, 0.29) is 0 Å². The lowest BCUT2D eigenvalue weighted by atomic mass is 9.96. The topological polar surface area (TPSA) is 29.3 Å². The second-order valence-electron chi connectivity index (χ2n) is 5.39. The van der Waals surface area contributed by atoms with Crippen LogP contribution in [0.25, 0.3) is 0 Å². The van der Waals surface area contributed by atoms with Crippen LogP contribution < -0.4 is 5.73 Å². The zero-order valence-electron chi connectivity index (χ0n) is 11.7. The number of hydrogen-bond donors (Lipinski definition) is 1. The van der Waals surface area contributed by atoms with Crippen LogP contribution >= 0.6 is 0 Å². The van der Waals surface area contributed by atoms with Gasteiger partial charge in [-0.05, 0) is 43.9 Å². The summed E-state index contributed by atoms with van der Waals surface area (Å²) in [4.78, 5) is 2.59. The normalized spacial score (nSPS) is 22.9. The third kappa shape index (κ3) is 2.93. The molecular formula is C16H26N2.